The summed E-state index contributed by atoms with van der Waals surface area (Å²) >= 11 is 0. The molecule has 11 heteroatoms. The van der Waals surface area contributed by atoms with Crippen molar-refractivity contribution in [3.05, 3.63) is 0 Å². The average molecular weight is 384 g/mol. The molecule has 26 heavy (non-hydrogen) atoms. The summed E-state index contributed by atoms with van der Waals surface area (Å²) in [5.41, 5.74) is -1.51. The maximum absolute atomic E-state index is 10.4. The Bertz CT molecular complexity index is 449. The van der Waals surface area contributed by atoms with Crippen LogP contribution in [0.5, 0.6) is 0 Å². The van der Waals surface area contributed by atoms with Crippen LogP contribution in [0.1, 0.15) is 6.92 Å². The minimum atomic E-state index is -1.52. The van der Waals surface area contributed by atoms with Gasteiger partial charge in [-0.1, -0.05) is 0 Å². The van der Waals surface area contributed by atoms with Crippen molar-refractivity contribution in [3.63, 3.8) is 0 Å². The highest BCUT2D eigenvalue weighted by atomic mass is 16.7. The van der Waals surface area contributed by atoms with Crippen LogP contribution in [0.25, 0.3) is 0 Å². The predicted molar refractivity (Wildman–Crippen MR) is 82.8 cm³/mol. The monoisotopic (exact) mass is 384 g/mol. The molecule has 0 aliphatic carbocycles. The Morgan fingerprint density at radius 3 is 2.04 bits per heavy atom. The number of methoxy groups -OCH3 is 2. The zero-order chi connectivity index (χ0) is 19.6. The Morgan fingerprint density at radius 2 is 1.54 bits per heavy atom. The van der Waals surface area contributed by atoms with Crippen LogP contribution in [-0.2, 0) is 23.7 Å². The molecule has 6 N–H and O–H groups in total. The van der Waals surface area contributed by atoms with E-state index in [-0.39, 0.29) is 0 Å². The third kappa shape index (κ3) is 3.88. The predicted octanol–water partition coefficient (Wildman–Crippen LogP) is -3.70. The fourth-order valence-corrected chi connectivity index (χ4v) is 3.17. The van der Waals surface area contributed by atoms with Gasteiger partial charge in [-0.15, -0.1) is 0 Å². The Hall–Kier alpha value is -0.440. The van der Waals surface area contributed by atoms with Crippen molar-refractivity contribution >= 4 is 0 Å². The summed E-state index contributed by atoms with van der Waals surface area (Å²) in [5, 5.41) is 60.0. The van der Waals surface area contributed by atoms with Crippen LogP contribution in [0.4, 0.5) is 0 Å². The van der Waals surface area contributed by atoms with Crippen molar-refractivity contribution in [2.24, 2.45) is 0 Å². The molecule has 0 aromatic rings. The average Bonchev–Trinajstić information content (AvgIpc) is 2.64. The number of aliphatic hydroxyl groups is 6. The fourth-order valence-electron chi connectivity index (χ4n) is 3.17. The summed E-state index contributed by atoms with van der Waals surface area (Å²) in [6.45, 7) is 0.242. The second kappa shape index (κ2) is 8.71. The summed E-state index contributed by atoms with van der Waals surface area (Å²) in [7, 11) is 2.53. The number of rotatable bonds is 6. The zero-order valence-corrected chi connectivity index (χ0v) is 14.8. The first-order chi connectivity index (χ1) is 12.2. The minimum Gasteiger partial charge on any atom is -0.394 e. The fraction of sp³-hybridized carbons (Fsp3) is 1.00. The third-order valence-electron chi connectivity index (χ3n) is 4.87. The molecule has 2 heterocycles. The molecule has 0 bridgehead atoms. The van der Waals surface area contributed by atoms with Crippen molar-refractivity contribution in [1.82, 2.24) is 0 Å². The summed E-state index contributed by atoms with van der Waals surface area (Å²) in [6, 6.07) is 0. The van der Waals surface area contributed by atoms with Gasteiger partial charge >= 0.3 is 0 Å². The normalized spacial score (nSPS) is 50.0. The van der Waals surface area contributed by atoms with Gasteiger partial charge in [0.25, 0.3) is 0 Å². The van der Waals surface area contributed by atoms with Crippen LogP contribution in [0.3, 0.4) is 0 Å². The lowest BCUT2D eigenvalue weighted by molar-refractivity contribution is -0.375. The molecule has 2 aliphatic heterocycles. The summed E-state index contributed by atoms with van der Waals surface area (Å²) in [5.74, 6) is 0. The van der Waals surface area contributed by atoms with E-state index in [1.165, 1.54) is 21.1 Å². The first-order valence-corrected chi connectivity index (χ1v) is 8.22. The van der Waals surface area contributed by atoms with E-state index in [0.29, 0.717) is 0 Å². The van der Waals surface area contributed by atoms with Gasteiger partial charge in [-0.25, -0.2) is 0 Å². The first kappa shape index (κ1) is 21.9. The lowest BCUT2D eigenvalue weighted by atomic mass is 9.88. The number of aliphatic hydroxyl groups excluding tert-OH is 6. The van der Waals surface area contributed by atoms with E-state index in [1.54, 1.807) is 0 Å². The Labute approximate surface area is 150 Å². The van der Waals surface area contributed by atoms with E-state index >= 15 is 0 Å². The largest absolute Gasteiger partial charge is 0.394 e. The quantitative estimate of drug-likeness (QED) is 0.267. The Balaban J connectivity index is 2.21. The van der Waals surface area contributed by atoms with Crippen LogP contribution >= 0.6 is 0 Å². The van der Waals surface area contributed by atoms with E-state index in [9.17, 15) is 30.6 Å². The van der Waals surface area contributed by atoms with Crippen LogP contribution in [0.15, 0.2) is 0 Å². The molecule has 0 aromatic carbocycles. The van der Waals surface area contributed by atoms with Gasteiger partial charge in [0.1, 0.15) is 48.3 Å². The molecule has 0 aromatic heterocycles. The molecule has 0 saturated carbocycles. The van der Waals surface area contributed by atoms with Crippen molar-refractivity contribution in [2.45, 2.75) is 67.8 Å². The van der Waals surface area contributed by atoms with Gasteiger partial charge in [0.2, 0.25) is 0 Å². The summed E-state index contributed by atoms with van der Waals surface area (Å²) in [6.07, 6.45) is -11.9. The molecule has 154 valence electrons. The number of hydrogen-bond acceptors (Lipinski definition) is 11. The van der Waals surface area contributed by atoms with Crippen LogP contribution in [-0.4, -0.2) is 119 Å². The summed E-state index contributed by atoms with van der Waals surface area (Å²) < 4.78 is 26.4. The molecule has 2 rings (SSSR count). The molecule has 0 amide bonds. The molecular weight excluding hydrogens is 356 g/mol. The number of hydrogen-bond donors (Lipinski definition) is 6. The van der Waals surface area contributed by atoms with Crippen LogP contribution in [0, 0.1) is 0 Å². The van der Waals surface area contributed by atoms with Crippen LogP contribution < -0.4 is 0 Å². The minimum absolute atomic E-state index is 0.565. The molecular formula is C15H28O11. The second-order valence-corrected chi connectivity index (χ2v) is 6.64. The van der Waals surface area contributed by atoms with Gasteiger partial charge in [-0.3, -0.25) is 0 Å². The molecule has 2 saturated heterocycles. The highest BCUT2D eigenvalue weighted by molar-refractivity contribution is 4.99. The van der Waals surface area contributed by atoms with E-state index in [4.69, 9.17) is 23.7 Å². The SMILES string of the molecule is CO[C@H]1OC(CO)[C@H](O[C@@H]2OC(C)(CO)[C@H](O)[C@H](OC)C2O)[C@@H](O)C1O. The zero-order valence-electron chi connectivity index (χ0n) is 14.8. The summed E-state index contributed by atoms with van der Waals surface area (Å²) in [4.78, 5) is 0. The van der Waals surface area contributed by atoms with Gasteiger partial charge in [0, 0.05) is 14.2 Å². The molecule has 4 unspecified atom stereocenters. The second-order valence-electron chi connectivity index (χ2n) is 6.64. The number of ether oxygens (including phenoxy) is 5. The van der Waals surface area contributed by atoms with E-state index in [1.807, 2.05) is 0 Å². The van der Waals surface area contributed by atoms with Gasteiger partial charge in [-0.2, -0.15) is 0 Å². The van der Waals surface area contributed by atoms with Crippen molar-refractivity contribution in [3.8, 4) is 0 Å². The van der Waals surface area contributed by atoms with E-state index < -0.39 is 74.1 Å². The lowest BCUT2D eigenvalue weighted by Crippen LogP contribution is -2.68. The molecule has 0 radical (unpaired) electrons. The van der Waals surface area contributed by atoms with Crippen molar-refractivity contribution in [2.75, 3.05) is 27.4 Å². The van der Waals surface area contributed by atoms with Gasteiger partial charge in [-0.05, 0) is 6.92 Å². The van der Waals surface area contributed by atoms with Crippen LogP contribution in [0.2, 0.25) is 0 Å². The lowest BCUT2D eigenvalue weighted by Gasteiger charge is -2.49. The highest BCUT2D eigenvalue weighted by Gasteiger charge is 2.54. The van der Waals surface area contributed by atoms with E-state index in [0.717, 1.165) is 0 Å². The van der Waals surface area contributed by atoms with Gasteiger partial charge < -0.3 is 54.3 Å². The molecule has 10 atom stereocenters. The molecule has 2 fully saturated rings. The standard InChI is InChI=1S/C15H28O11/c1-15(5-17)12(21)11(22-2)9(20)14(26-15)25-10-6(4-16)24-13(23-3)8(19)7(10)18/h6-14,16-21H,4-5H2,1-3H3/t6?,7-,8?,9?,10-,11+,12+,13-,14+,15?/m0/s1. The smallest absolute Gasteiger partial charge is 0.187 e. The van der Waals surface area contributed by atoms with Crippen molar-refractivity contribution in [1.29, 1.82) is 0 Å². The maximum atomic E-state index is 10.4. The third-order valence-corrected chi connectivity index (χ3v) is 4.87. The van der Waals surface area contributed by atoms with Crippen molar-refractivity contribution < 1.29 is 54.3 Å². The first-order valence-electron chi connectivity index (χ1n) is 8.22. The molecule has 0 spiro atoms. The highest BCUT2D eigenvalue weighted by Crippen LogP contribution is 2.34. The van der Waals surface area contributed by atoms with E-state index in [2.05, 4.69) is 0 Å². The van der Waals surface area contributed by atoms with Gasteiger partial charge in [0.15, 0.2) is 12.6 Å². The topological polar surface area (TPSA) is 168 Å². The molecule has 11 nitrogen and oxygen atoms in total. The molecule has 2 aliphatic rings. The Kier molecular flexibility index (Phi) is 7.32. The Morgan fingerprint density at radius 1 is 0.885 bits per heavy atom. The maximum Gasteiger partial charge on any atom is 0.187 e. The van der Waals surface area contributed by atoms with Gasteiger partial charge in [0.05, 0.1) is 13.2 Å².